The summed E-state index contributed by atoms with van der Waals surface area (Å²) in [5.41, 5.74) is -1.48. The van der Waals surface area contributed by atoms with Crippen LogP contribution in [0.2, 0.25) is 5.02 Å². The third-order valence-corrected chi connectivity index (χ3v) is 3.74. The summed E-state index contributed by atoms with van der Waals surface area (Å²) in [5.74, 6) is -0.796. The van der Waals surface area contributed by atoms with Crippen LogP contribution in [0.3, 0.4) is 0 Å². The molecule has 2 rings (SSSR count). The number of imidazole rings is 1. The van der Waals surface area contributed by atoms with Gasteiger partial charge in [0.1, 0.15) is 23.7 Å². The van der Waals surface area contributed by atoms with Crippen molar-refractivity contribution in [1.82, 2.24) is 9.13 Å². The van der Waals surface area contributed by atoms with Gasteiger partial charge in [-0.3, -0.25) is 4.57 Å². The fraction of sp³-hybridized carbons (Fsp3) is 0.312. The van der Waals surface area contributed by atoms with E-state index < -0.39 is 11.5 Å². The largest absolute Gasteiger partial charge is 0.466 e. The first kappa shape index (κ1) is 19.5. The van der Waals surface area contributed by atoms with Crippen LogP contribution in [0.15, 0.2) is 16.9 Å². The Morgan fingerprint density at radius 2 is 1.92 bits per heavy atom. The van der Waals surface area contributed by atoms with Gasteiger partial charge < -0.3 is 14.2 Å². The fourth-order valence-electron chi connectivity index (χ4n) is 2.17. The Morgan fingerprint density at radius 1 is 1.23 bits per heavy atom. The van der Waals surface area contributed by atoms with Crippen molar-refractivity contribution < 1.29 is 18.6 Å². The highest BCUT2D eigenvalue weighted by molar-refractivity contribution is 6.32. The first-order valence-corrected chi connectivity index (χ1v) is 7.64. The zero-order chi connectivity index (χ0) is 19.3. The summed E-state index contributed by atoms with van der Waals surface area (Å²) >= 11 is 5.95. The standard InChI is InChI=1S/C16H14ClFN4O4/c1-21-13(7-19)14(8-20)22(16(21)23)12-6-15(10(17)5-11(12)18)26-9-25-4-3-24-2/h5-6H,3-4,9H2,1-2H3. The van der Waals surface area contributed by atoms with Crippen molar-refractivity contribution in [3.8, 4) is 23.6 Å². The van der Waals surface area contributed by atoms with Gasteiger partial charge in [0, 0.05) is 20.2 Å². The summed E-state index contributed by atoms with van der Waals surface area (Å²) < 4.78 is 31.5. The van der Waals surface area contributed by atoms with Crippen LogP contribution in [0, 0.1) is 28.5 Å². The average Bonchev–Trinajstić information content (AvgIpc) is 2.86. The van der Waals surface area contributed by atoms with Crippen LogP contribution in [-0.4, -0.2) is 36.3 Å². The van der Waals surface area contributed by atoms with E-state index in [0.29, 0.717) is 6.61 Å². The maximum absolute atomic E-state index is 14.4. The van der Waals surface area contributed by atoms with E-state index in [2.05, 4.69) is 0 Å². The maximum Gasteiger partial charge on any atom is 0.334 e. The molecule has 0 bridgehead atoms. The summed E-state index contributed by atoms with van der Waals surface area (Å²) in [6.45, 7) is 0.477. The van der Waals surface area contributed by atoms with Gasteiger partial charge in [0.25, 0.3) is 0 Å². The Morgan fingerprint density at radius 3 is 2.54 bits per heavy atom. The summed E-state index contributed by atoms with van der Waals surface area (Å²) in [5, 5.41) is 18.4. The molecule has 0 radical (unpaired) electrons. The Bertz CT molecular complexity index is 955. The molecule has 0 atom stereocenters. The number of nitrogens with zero attached hydrogens (tertiary/aromatic N) is 4. The van der Waals surface area contributed by atoms with Crippen LogP contribution >= 0.6 is 11.6 Å². The number of nitriles is 2. The monoisotopic (exact) mass is 380 g/mol. The van der Waals surface area contributed by atoms with Crippen molar-refractivity contribution in [1.29, 1.82) is 10.5 Å². The molecule has 0 saturated heterocycles. The number of halogens is 2. The zero-order valence-corrected chi connectivity index (χ0v) is 14.7. The number of aromatic nitrogens is 2. The van der Waals surface area contributed by atoms with E-state index in [9.17, 15) is 14.4 Å². The van der Waals surface area contributed by atoms with Crippen LogP contribution < -0.4 is 10.4 Å². The lowest BCUT2D eigenvalue weighted by molar-refractivity contribution is -0.00845. The van der Waals surface area contributed by atoms with Crippen LogP contribution in [0.1, 0.15) is 11.4 Å². The number of rotatable bonds is 7. The van der Waals surface area contributed by atoms with Crippen LogP contribution in [-0.2, 0) is 16.5 Å². The number of hydrogen-bond acceptors (Lipinski definition) is 6. The molecule has 8 nitrogen and oxygen atoms in total. The molecule has 0 aliphatic rings. The van der Waals surface area contributed by atoms with E-state index in [1.54, 1.807) is 12.1 Å². The molecular weight excluding hydrogens is 367 g/mol. The highest BCUT2D eigenvalue weighted by Gasteiger charge is 2.22. The molecule has 1 heterocycles. The van der Waals surface area contributed by atoms with Crippen LogP contribution in [0.5, 0.6) is 5.75 Å². The number of benzene rings is 1. The van der Waals surface area contributed by atoms with E-state index in [-0.39, 0.29) is 41.2 Å². The molecule has 1 aromatic carbocycles. The minimum Gasteiger partial charge on any atom is -0.466 e. The first-order chi connectivity index (χ1) is 12.5. The second kappa shape index (κ2) is 8.50. The van der Waals surface area contributed by atoms with Crippen molar-refractivity contribution in [3.05, 3.63) is 44.8 Å². The van der Waals surface area contributed by atoms with E-state index in [1.807, 2.05) is 0 Å². The SMILES string of the molecule is COCCOCOc1cc(-n2c(C#N)c(C#N)n(C)c2=O)c(F)cc1Cl. The minimum atomic E-state index is -0.851. The summed E-state index contributed by atoms with van der Waals surface area (Å²) in [4.78, 5) is 12.4. The van der Waals surface area contributed by atoms with Gasteiger partial charge in [-0.05, 0) is 6.07 Å². The molecule has 0 fully saturated rings. The number of methoxy groups -OCH3 is 1. The smallest absolute Gasteiger partial charge is 0.334 e. The van der Waals surface area contributed by atoms with Gasteiger partial charge in [0.2, 0.25) is 0 Å². The van der Waals surface area contributed by atoms with Crippen molar-refractivity contribution >= 4 is 11.6 Å². The molecule has 0 aliphatic carbocycles. The highest BCUT2D eigenvalue weighted by atomic mass is 35.5. The number of hydrogen-bond donors (Lipinski definition) is 0. The van der Waals surface area contributed by atoms with Crippen molar-refractivity contribution in [2.45, 2.75) is 0 Å². The highest BCUT2D eigenvalue weighted by Crippen LogP contribution is 2.30. The summed E-state index contributed by atoms with van der Waals surface area (Å²) in [6, 6.07) is 5.62. The summed E-state index contributed by atoms with van der Waals surface area (Å²) in [6.07, 6.45) is 0. The molecule has 0 unspecified atom stereocenters. The van der Waals surface area contributed by atoms with Gasteiger partial charge in [-0.25, -0.2) is 13.8 Å². The Hall–Kier alpha value is -2.85. The van der Waals surface area contributed by atoms with Gasteiger partial charge in [0.15, 0.2) is 18.2 Å². The Kier molecular flexibility index (Phi) is 6.36. The molecule has 0 saturated carbocycles. The molecule has 0 amide bonds. The second-order valence-corrected chi connectivity index (χ2v) is 5.40. The molecular formula is C16H14ClFN4O4. The topological polar surface area (TPSA) is 102 Å². The molecule has 136 valence electrons. The predicted octanol–water partition coefficient (Wildman–Crippen LogP) is 1.71. The van der Waals surface area contributed by atoms with Gasteiger partial charge in [-0.1, -0.05) is 11.6 Å². The van der Waals surface area contributed by atoms with E-state index in [1.165, 1.54) is 20.2 Å². The predicted molar refractivity (Wildman–Crippen MR) is 88.7 cm³/mol. The van der Waals surface area contributed by atoms with Crippen LogP contribution in [0.25, 0.3) is 5.69 Å². The molecule has 0 spiro atoms. The third kappa shape index (κ3) is 3.70. The van der Waals surface area contributed by atoms with Gasteiger partial charge in [0.05, 0.1) is 23.9 Å². The van der Waals surface area contributed by atoms with E-state index in [0.717, 1.165) is 15.2 Å². The average molecular weight is 381 g/mol. The number of ether oxygens (including phenoxy) is 3. The Labute approximate surface area is 153 Å². The third-order valence-electron chi connectivity index (χ3n) is 3.45. The molecule has 10 heteroatoms. The zero-order valence-electron chi connectivity index (χ0n) is 14.0. The molecule has 2 aromatic rings. The lowest BCUT2D eigenvalue weighted by Gasteiger charge is -2.12. The lowest BCUT2D eigenvalue weighted by Crippen LogP contribution is -2.22. The first-order valence-electron chi connectivity index (χ1n) is 7.27. The summed E-state index contributed by atoms with van der Waals surface area (Å²) in [7, 11) is 2.83. The normalized spacial score (nSPS) is 10.4. The maximum atomic E-state index is 14.4. The fourth-order valence-corrected chi connectivity index (χ4v) is 2.37. The molecule has 1 aromatic heterocycles. The quantitative estimate of drug-likeness (QED) is 0.535. The lowest BCUT2D eigenvalue weighted by atomic mass is 10.2. The van der Waals surface area contributed by atoms with E-state index in [4.69, 9.17) is 31.1 Å². The van der Waals surface area contributed by atoms with Gasteiger partial charge in [-0.2, -0.15) is 10.5 Å². The molecule has 0 N–H and O–H groups in total. The van der Waals surface area contributed by atoms with Crippen molar-refractivity contribution in [3.63, 3.8) is 0 Å². The van der Waals surface area contributed by atoms with Crippen LogP contribution in [0.4, 0.5) is 4.39 Å². The van der Waals surface area contributed by atoms with Crippen molar-refractivity contribution in [2.24, 2.45) is 7.05 Å². The Balaban J connectivity index is 2.46. The van der Waals surface area contributed by atoms with Crippen molar-refractivity contribution in [2.75, 3.05) is 27.1 Å². The van der Waals surface area contributed by atoms with E-state index >= 15 is 0 Å². The van der Waals surface area contributed by atoms with Gasteiger partial charge in [-0.15, -0.1) is 0 Å². The second-order valence-electron chi connectivity index (χ2n) is 5.00. The van der Waals surface area contributed by atoms with Gasteiger partial charge >= 0.3 is 5.69 Å². The minimum absolute atomic E-state index is 0.0374. The molecule has 26 heavy (non-hydrogen) atoms. The molecule has 0 aliphatic heterocycles.